The smallest absolute Gasteiger partial charge is 0.220 e. The van der Waals surface area contributed by atoms with Gasteiger partial charge in [-0.1, -0.05) is 29.8 Å². The van der Waals surface area contributed by atoms with E-state index in [1.165, 1.54) is 25.7 Å². The second kappa shape index (κ2) is 6.51. The third-order valence-electron chi connectivity index (χ3n) is 2.96. The van der Waals surface area contributed by atoms with Gasteiger partial charge in [0, 0.05) is 17.8 Å². The summed E-state index contributed by atoms with van der Waals surface area (Å²) in [5.74, 6) is 1.38. The van der Waals surface area contributed by atoms with E-state index in [-0.39, 0.29) is 5.91 Å². The highest BCUT2D eigenvalue weighted by Crippen LogP contribution is 2.28. The van der Waals surface area contributed by atoms with Gasteiger partial charge >= 0.3 is 0 Å². The molecular weight excluding hydrogens is 254 g/mol. The lowest BCUT2D eigenvalue weighted by molar-refractivity contribution is -0.122. The van der Waals surface area contributed by atoms with E-state index in [0.29, 0.717) is 23.1 Å². The Hall–Kier alpha value is -0.0500. The molecule has 15 heavy (non-hydrogen) atoms. The monoisotopic (exact) mass is 275 g/mol. The average Bonchev–Trinajstić information content (AvgIpc) is 2.16. The molecule has 88 valence electrons. The maximum Gasteiger partial charge on any atom is 0.220 e. The van der Waals surface area contributed by atoms with Crippen molar-refractivity contribution in [3.8, 4) is 0 Å². The quantitative estimate of drug-likeness (QED) is 0.785. The summed E-state index contributed by atoms with van der Waals surface area (Å²) >= 11 is 3.64. The summed E-state index contributed by atoms with van der Waals surface area (Å²) in [5, 5.41) is 3.04. The molecule has 1 amide bonds. The van der Waals surface area contributed by atoms with E-state index in [4.69, 9.17) is 0 Å². The van der Waals surface area contributed by atoms with Gasteiger partial charge in [0.25, 0.3) is 0 Å². The van der Waals surface area contributed by atoms with Crippen LogP contribution in [-0.4, -0.2) is 17.3 Å². The number of hydrogen-bond acceptors (Lipinski definition) is 1. The fourth-order valence-corrected chi connectivity index (χ4v) is 2.56. The lowest BCUT2D eigenvalue weighted by Crippen LogP contribution is -2.31. The van der Waals surface area contributed by atoms with Crippen molar-refractivity contribution in [2.45, 2.75) is 50.8 Å². The van der Waals surface area contributed by atoms with Gasteiger partial charge < -0.3 is 5.32 Å². The molecule has 1 aliphatic carbocycles. The minimum atomic E-state index is 0.214. The predicted octanol–water partition coefficient (Wildman–Crippen LogP) is 3.10. The summed E-state index contributed by atoms with van der Waals surface area (Å²) in [6.07, 6.45) is 5.67. The van der Waals surface area contributed by atoms with Gasteiger partial charge in [-0.05, 0) is 37.5 Å². The molecule has 0 aliphatic heterocycles. The van der Waals surface area contributed by atoms with Crippen LogP contribution in [0.4, 0.5) is 0 Å². The first-order chi connectivity index (χ1) is 7.08. The summed E-state index contributed by atoms with van der Waals surface area (Å²) in [6.45, 7) is 5.04. The first-order valence-corrected chi connectivity index (χ1v) is 6.90. The Kier molecular flexibility index (Phi) is 5.65. The molecule has 1 aliphatic rings. The highest BCUT2D eigenvalue weighted by atomic mass is 79.9. The van der Waals surface area contributed by atoms with Gasteiger partial charge in [-0.15, -0.1) is 0 Å². The minimum absolute atomic E-state index is 0.214. The maximum absolute atomic E-state index is 11.4. The first-order valence-electron chi connectivity index (χ1n) is 5.98. The van der Waals surface area contributed by atoms with Gasteiger partial charge in [0.05, 0.1) is 0 Å². The van der Waals surface area contributed by atoms with Crippen LogP contribution in [0.25, 0.3) is 0 Å². The van der Waals surface area contributed by atoms with Crippen LogP contribution in [0, 0.1) is 11.8 Å². The Morgan fingerprint density at radius 1 is 1.33 bits per heavy atom. The number of rotatable bonds is 4. The van der Waals surface area contributed by atoms with Gasteiger partial charge in [0.15, 0.2) is 0 Å². The third-order valence-corrected chi connectivity index (χ3v) is 3.87. The fraction of sp³-hybridized carbons (Fsp3) is 0.917. The van der Waals surface area contributed by atoms with E-state index in [9.17, 15) is 4.79 Å². The predicted molar refractivity (Wildman–Crippen MR) is 67.1 cm³/mol. The zero-order chi connectivity index (χ0) is 11.3. The Morgan fingerprint density at radius 2 is 1.93 bits per heavy atom. The number of alkyl halides is 1. The summed E-state index contributed by atoms with van der Waals surface area (Å²) in [4.78, 5) is 12.1. The molecule has 0 aromatic rings. The fourth-order valence-electron chi connectivity index (χ4n) is 2.03. The van der Waals surface area contributed by atoms with E-state index in [1.54, 1.807) is 0 Å². The van der Waals surface area contributed by atoms with Crippen LogP contribution < -0.4 is 5.32 Å². The van der Waals surface area contributed by atoms with Crippen LogP contribution in [0.5, 0.6) is 0 Å². The normalized spacial score (nSPS) is 26.7. The Bertz CT molecular complexity index is 198. The number of halogens is 1. The molecule has 2 nitrogen and oxygen atoms in total. The second-order valence-corrected chi connectivity index (χ2v) is 6.32. The minimum Gasteiger partial charge on any atom is -0.356 e. The highest BCUT2D eigenvalue weighted by molar-refractivity contribution is 9.09. The largest absolute Gasteiger partial charge is 0.356 e. The number of carbonyl (C=O) groups is 1. The number of hydrogen-bond donors (Lipinski definition) is 1. The van der Waals surface area contributed by atoms with Crippen molar-refractivity contribution in [1.29, 1.82) is 0 Å². The van der Waals surface area contributed by atoms with E-state index >= 15 is 0 Å². The molecule has 1 rings (SSSR count). The zero-order valence-electron chi connectivity index (χ0n) is 9.76. The van der Waals surface area contributed by atoms with Crippen molar-refractivity contribution in [3.05, 3.63) is 0 Å². The van der Waals surface area contributed by atoms with Crippen molar-refractivity contribution >= 4 is 21.8 Å². The highest BCUT2D eigenvalue weighted by Gasteiger charge is 2.19. The second-order valence-electron chi connectivity index (χ2n) is 5.02. The van der Waals surface area contributed by atoms with E-state index < -0.39 is 0 Å². The molecule has 3 heteroatoms. The van der Waals surface area contributed by atoms with Gasteiger partial charge in [-0.2, -0.15) is 0 Å². The molecule has 1 N–H and O–H groups in total. The molecule has 0 aromatic carbocycles. The molecule has 1 saturated carbocycles. The van der Waals surface area contributed by atoms with Gasteiger partial charge in [-0.3, -0.25) is 4.79 Å². The van der Waals surface area contributed by atoms with Crippen molar-refractivity contribution in [3.63, 3.8) is 0 Å². The van der Waals surface area contributed by atoms with Crippen LogP contribution >= 0.6 is 15.9 Å². The lowest BCUT2D eigenvalue weighted by Gasteiger charge is -2.25. The van der Waals surface area contributed by atoms with Gasteiger partial charge in [-0.25, -0.2) is 0 Å². The number of carbonyl (C=O) groups excluding carboxylic acids is 1. The molecule has 0 heterocycles. The number of amides is 1. The molecule has 0 radical (unpaired) electrons. The van der Waals surface area contributed by atoms with E-state index in [2.05, 4.69) is 35.1 Å². The van der Waals surface area contributed by atoms with Crippen LogP contribution in [0.2, 0.25) is 0 Å². The molecule has 0 bridgehead atoms. The Labute approximate surface area is 101 Å². The van der Waals surface area contributed by atoms with Crippen molar-refractivity contribution < 1.29 is 4.79 Å². The van der Waals surface area contributed by atoms with E-state index in [0.717, 1.165) is 6.54 Å². The summed E-state index contributed by atoms with van der Waals surface area (Å²) < 4.78 is 0. The Morgan fingerprint density at radius 3 is 2.47 bits per heavy atom. The van der Waals surface area contributed by atoms with Gasteiger partial charge in [0.2, 0.25) is 5.91 Å². The molecule has 0 saturated heterocycles. The van der Waals surface area contributed by atoms with Crippen molar-refractivity contribution in [1.82, 2.24) is 5.32 Å². The third kappa shape index (κ3) is 5.55. The SMILES string of the molecule is CC(C)CC(=O)NCC1CCC(Br)CC1. The summed E-state index contributed by atoms with van der Waals surface area (Å²) in [5.41, 5.74) is 0. The standard InChI is InChI=1S/C12H22BrNO/c1-9(2)7-12(15)14-8-10-3-5-11(13)6-4-10/h9-11H,3-8H2,1-2H3,(H,14,15). The number of nitrogens with one attached hydrogen (secondary N) is 1. The van der Waals surface area contributed by atoms with Crippen LogP contribution in [0.3, 0.4) is 0 Å². The zero-order valence-corrected chi connectivity index (χ0v) is 11.3. The first kappa shape index (κ1) is 13.0. The molecule has 0 aromatic heterocycles. The molecule has 0 unspecified atom stereocenters. The van der Waals surface area contributed by atoms with Crippen LogP contribution in [0.15, 0.2) is 0 Å². The molecular formula is C12H22BrNO. The topological polar surface area (TPSA) is 29.1 Å². The lowest BCUT2D eigenvalue weighted by atomic mass is 9.89. The Balaban J connectivity index is 2.12. The van der Waals surface area contributed by atoms with Gasteiger partial charge in [0.1, 0.15) is 0 Å². The van der Waals surface area contributed by atoms with Crippen molar-refractivity contribution in [2.24, 2.45) is 11.8 Å². The van der Waals surface area contributed by atoms with Crippen molar-refractivity contribution in [2.75, 3.05) is 6.54 Å². The summed E-state index contributed by atoms with van der Waals surface area (Å²) in [6, 6.07) is 0. The average molecular weight is 276 g/mol. The molecule has 0 atom stereocenters. The molecule has 1 fully saturated rings. The maximum atomic E-state index is 11.4. The van der Waals surface area contributed by atoms with Crippen LogP contribution in [0.1, 0.15) is 46.0 Å². The van der Waals surface area contributed by atoms with Crippen LogP contribution in [-0.2, 0) is 4.79 Å². The summed E-state index contributed by atoms with van der Waals surface area (Å²) in [7, 11) is 0. The molecule has 0 spiro atoms. The van der Waals surface area contributed by atoms with E-state index in [1.807, 2.05) is 0 Å².